The van der Waals surface area contributed by atoms with Gasteiger partial charge >= 0.3 is 5.97 Å². The van der Waals surface area contributed by atoms with Crippen molar-refractivity contribution in [3.8, 4) is 6.07 Å². The second-order valence-electron chi connectivity index (χ2n) is 8.17. The van der Waals surface area contributed by atoms with Gasteiger partial charge in [-0.05, 0) is 69.3 Å². The van der Waals surface area contributed by atoms with Gasteiger partial charge in [-0.3, -0.25) is 4.79 Å². The first-order valence-corrected chi connectivity index (χ1v) is 10.6. The zero-order valence-electron chi connectivity index (χ0n) is 16.2. The van der Waals surface area contributed by atoms with E-state index in [4.69, 9.17) is 10.00 Å². The zero-order valence-corrected chi connectivity index (χ0v) is 16.2. The number of ether oxygens (including phenoxy) is 1. The molecule has 0 amide bonds. The summed E-state index contributed by atoms with van der Waals surface area (Å²) < 4.78 is 18.8. The zero-order chi connectivity index (χ0) is 18.8. The van der Waals surface area contributed by atoms with Gasteiger partial charge in [0.2, 0.25) is 0 Å². The molecule has 2 aliphatic rings. The minimum Gasteiger partial charge on any atom is -0.462 e. The second kappa shape index (κ2) is 11.4. The lowest BCUT2D eigenvalue weighted by molar-refractivity contribution is -0.157. The Morgan fingerprint density at radius 2 is 1.77 bits per heavy atom. The number of nitriles is 1. The van der Waals surface area contributed by atoms with Crippen molar-refractivity contribution in [3.05, 3.63) is 11.9 Å². The van der Waals surface area contributed by atoms with Crippen LogP contribution in [0.1, 0.15) is 90.4 Å². The van der Waals surface area contributed by atoms with Gasteiger partial charge in [0, 0.05) is 0 Å². The molecule has 2 saturated carbocycles. The lowest BCUT2D eigenvalue weighted by Crippen LogP contribution is -2.30. The van der Waals surface area contributed by atoms with E-state index in [9.17, 15) is 9.18 Å². The summed E-state index contributed by atoms with van der Waals surface area (Å²) in [5, 5.41) is 8.51. The number of hydrogen-bond donors (Lipinski definition) is 0. The molecule has 2 fully saturated rings. The van der Waals surface area contributed by atoms with Gasteiger partial charge in [0.25, 0.3) is 0 Å². The summed E-state index contributed by atoms with van der Waals surface area (Å²) in [6.45, 7) is 2.24. The van der Waals surface area contributed by atoms with Crippen LogP contribution in [0.5, 0.6) is 0 Å². The van der Waals surface area contributed by atoms with Crippen LogP contribution >= 0.6 is 0 Å². The molecule has 0 aromatic heterocycles. The molecule has 0 N–H and O–H groups in total. The molecule has 0 spiro atoms. The Bertz CT molecular complexity index is 495. The van der Waals surface area contributed by atoms with Gasteiger partial charge in [-0.1, -0.05) is 39.0 Å². The molecule has 4 heteroatoms. The highest BCUT2D eigenvalue weighted by Gasteiger charge is 2.30. The van der Waals surface area contributed by atoms with Crippen LogP contribution in [0.4, 0.5) is 4.39 Å². The fraction of sp³-hybridized carbons (Fsp3) is 0.818. The Morgan fingerprint density at radius 3 is 2.38 bits per heavy atom. The van der Waals surface area contributed by atoms with Gasteiger partial charge in [0.1, 0.15) is 12.2 Å². The summed E-state index contributed by atoms with van der Waals surface area (Å²) in [5.41, 5.74) is 0. The number of unbranched alkanes of at least 4 members (excludes halogenated alkanes) is 3. The van der Waals surface area contributed by atoms with Crippen LogP contribution in [0, 0.1) is 29.1 Å². The average molecular weight is 364 g/mol. The smallest absolute Gasteiger partial charge is 0.309 e. The van der Waals surface area contributed by atoms with Crippen LogP contribution in [0.25, 0.3) is 0 Å². The van der Waals surface area contributed by atoms with Gasteiger partial charge in [-0.15, -0.1) is 0 Å². The average Bonchev–Trinajstić information content (AvgIpc) is 2.67. The number of hydrogen-bond acceptors (Lipinski definition) is 3. The summed E-state index contributed by atoms with van der Waals surface area (Å²) >= 11 is 0. The van der Waals surface area contributed by atoms with Gasteiger partial charge in [0.05, 0.1) is 5.92 Å². The monoisotopic (exact) mass is 363 g/mol. The molecule has 0 atom stereocenters. The normalized spacial score (nSPS) is 29.8. The fourth-order valence-electron chi connectivity index (χ4n) is 4.42. The van der Waals surface area contributed by atoms with E-state index in [2.05, 4.69) is 6.92 Å². The van der Waals surface area contributed by atoms with E-state index < -0.39 is 5.83 Å². The molecule has 0 saturated heterocycles. The minimum absolute atomic E-state index is 0.0170. The second-order valence-corrected chi connectivity index (χ2v) is 8.17. The molecule has 2 rings (SSSR count). The van der Waals surface area contributed by atoms with Crippen molar-refractivity contribution in [3.63, 3.8) is 0 Å². The summed E-state index contributed by atoms with van der Waals surface area (Å²) in [4.78, 5) is 12.4. The van der Waals surface area contributed by atoms with Gasteiger partial charge in [-0.2, -0.15) is 9.65 Å². The molecule has 0 unspecified atom stereocenters. The molecule has 0 bridgehead atoms. The van der Waals surface area contributed by atoms with Crippen molar-refractivity contribution in [2.45, 2.75) is 96.5 Å². The molecule has 0 aliphatic heterocycles. The van der Waals surface area contributed by atoms with Crippen molar-refractivity contribution in [1.29, 1.82) is 5.26 Å². The Kier molecular flexibility index (Phi) is 9.15. The SMILES string of the molecule is CCCCCC[C@H]1CC[C@H](C(=O)O[C@H]2CC[C@H](C=C(F)C#N)CC2)CC1. The van der Waals surface area contributed by atoms with Crippen molar-refractivity contribution in [2.24, 2.45) is 17.8 Å². The molecule has 2 aliphatic carbocycles. The number of halogens is 1. The summed E-state index contributed by atoms with van der Waals surface area (Å²) in [6.07, 6.45) is 15.4. The predicted octanol–water partition coefficient (Wildman–Crippen LogP) is 6.24. The van der Waals surface area contributed by atoms with E-state index in [1.54, 1.807) is 0 Å². The molecule has 3 nitrogen and oxygen atoms in total. The van der Waals surface area contributed by atoms with E-state index in [-0.39, 0.29) is 23.9 Å². The molecular formula is C22H34FNO2. The van der Waals surface area contributed by atoms with Crippen LogP contribution in [0.15, 0.2) is 11.9 Å². The standard InChI is InChI=1S/C22H34FNO2/c1-2-3-4-5-6-17-7-11-19(12-8-17)22(25)26-21-13-9-18(10-14-21)15-20(23)16-24/h15,17-19,21H,2-14H2,1H3/t17-,18-,19-,21-. The first-order chi connectivity index (χ1) is 12.6. The van der Waals surface area contributed by atoms with E-state index in [1.807, 2.05) is 0 Å². The molecule has 0 radical (unpaired) electrons. The molecule has 0 aromatic rings. The molecular weight excluding hydrogens is 329 g/mol. The number of carbonyl (C=O) groups excluding carboxylic acids is 1. The quantitative estimate of drug-likeness (QED) is 0.291. The largest absolute Gasteiger partial charge is 0.462 e. The first kappa shape index (κ1) is 20.9. The number of carbonyl (C=O) groups is 1. The van der Waals surface area contributed by atoms with E-state index in [0.717, 1.165) is 57.3 Å². The van der Waals surface area contributed by atoms with Crippen LogP contribution in [-0.4, -0.2) is 12.1 Å². The molecule has 0 heterocycles. The Balaban J connectivity index is 1.63. The summed E-state index contributed by atoms with van der Waals surface area (Å²) in [7, 11) is 0. The van der Waals surface area contributed by atoms with Crippen molar-refractivity contribution < 1.29 is 13.9 Å². The molecule has 146 valence electrons. The highest BCUT2D eigenvalue weighted by atomic mass is 19.1. The lowest BCUT2D eigenvalue weighted by Gasteiger charge is -2.31. The first-order valence-electron chi connectivity index (χ1n) is 10.6. The molecule has 26 heavy (non-hydrogen) atoms. The number of esters is 1. The maximum Gasteiger partial charge on any atom is 0.309 e. The Labute approximate surface area is 158 Å². The van der Waals surface area contributed by atoms with Gasteiger partial charge < -0.3 is 4.74 Å². The maximum atomic E-state index is 13.0. The third-order valence-electron chi connectivity index (χ3n) is 6.14. The predicted molar refractivity (Wildman–Crippen MR) is 101 cm³/mol. The van der Waals surface area contributed by atoms with E-state index in [0.29, 0.717) is 0 Å². The topological polar surface area (TPSA) is 50.1 Å². The van der Waals surface area contributed by atoms with Gasteiger partial charge in [-0.25, -0.2) is 0 Å². The van der Waals surface area contributed by atoms with Crippen LogP contribution < -0.4 is 0 Å². The number of rotatable bonds is 8. The highest BCUT2D eigenvalue weighted by Crippen LogP contribution is 2.34. The van der Waals surface area contributed by atoms with E-state index >= 15 is 0 Å². The minimum atomic E-state index is -0.697. The number of allylic oxidation sites excluding steroid dienone is 2. The van der Waals surface area contributed by atoms with Gasteiger partial charge in [0.15, 0.2) is 5.83 Å². The lowest BCUT2D eigenvalue weighted by atomic mass is 9.79. The molecule has 0 aromatic carbocycles. The fourth-order valence-corrected chi connectivity index (χ4v) is 4.42. The van der Waals surface area contributed by atoms with Crippen molar-refractivity contribution >= 4 is 5.97 Å². The Hall–Kier alpha value is -1.37. The third kappa shape index (κ3) is 7.09. The summed E-state index contributed by atoms with van der Waals surface area (Å²) in [6, 6.07) is 1.53. The van der Waals surface area contributed by atoms with Crippen LogP contribution in [0.3, 0.4) is 0 Å². The highest BCUT2D eigenvalue weighted by molar-refractivity contribution is 5.72. The van der Waals surface area contributed by atoms with E-state index in [1.165, 1.54) is 44.2 Å². The third-order valence-corrected chi connectivity index (χ3v) is 6.14. The summed E-state index contributed by atoms with van der Waals surface area (Å²) in [5.74, 6) is 0.269. The van der Waals surface area contributed by atoms with Crippen LogP contribution in [-0.2, 0) is 9.53 Å². The van der Waals surface area contributed by atoms with Crippen molar-refractivity contribution in [2.75, 3.05) is 0 Å². The van der Waals surface area contributed by atoms with Crippen LogP contribution in [0.2, 0.25) is 0 Å². The van der Waals surface area contributed by atoms with Crippen molar-refractivity contribution in [1.82, 2.24) is 0 Å². The maximum absolute atomic E-state index is 13.0. The Morgan fingerprint density at radius 1 is 1.08 bits per heavy atom. The number of nitrogens with zero attached hydrogens (tertiary/aromatic N) is 1.